The molecule has 1 aromatic carbocycles. The van der Waals surface area contributed by atoms with E-state index >= 15 is 0 Å². The Labute approximate surface area is 126 Å². The topological polar surface area (TPSA) is 69.6 Å². The van der Waals surface area contributed by atoms with Gasteiger partial charge in [0.15, 0.2) is 0 Å². The lowest BCUT2D eigenvalue weighted by atomic mass is 10.1. The number of aliphatic hydroxyl groups is 1. The average Bonchev–Trinajstić information content (AvgIpc) is 3.03. The van der Waals surface area contributed by atoms with Crippen molar-refractivity contribution in [1.29, 1.82) is 0 Å². The lowest BCUT2D eigenvalue weighted by Gasteiger charge is -2.21. The molecule has 0 aromatic heterocycles. The minimum Gasteiger partial charge on any atom is -0.392 e. The lowest BCUT2D eigenvalue weighted by molar-refractivity contribution is 0.281. The first-order valence-corrected chi connectivity index (χ1v) is 9.15. The van der Waals surface area contributed by atoms with Crippen LogP contribution >= 0.6 is 0 Å². The number of fused-ring (bicyclic) bond motifs is 1. The van der Waals surface area contributed by atoms with E-state index in [2.05, 4.69) is 9.62 Å². The first-order valence-electron chi connectivity index (χ1n) is 7.50. The predicted octanol–water partition coefficient (Wildman–Crippen LogP) is 0.835. The van der Waals surface area contributed by atoms with Crippen molar-refractivity contribution in [2.24, 2.45) is 0 Å². The van der Waals surface area contributed by atoms with Crippen LogP contribution in [-0.2, 0) is 22.4 Å². The van der Waals surface area contributed by atoms with Crippen LogP contribution in [0, 0.1) is 0 Å². The summed E-state index contributed by atoms with van der Waals surface area (Å²) in [5.74, 6) is -0.0238. The lowest BCUT2D eigenvalue weighted by Crippen LogP contribution is -2.42. The first kappa shape index (κ1) is 15.0. The van der Waals surface area contributed by atoms with E-state index in [1.165, 1.54) is 6.42 Å². The number of rotatable bonds is 5. The number of nitrogens with one attached hydrogen (secondary N) is 1. The van der Waals surface area contributed by atoms with Crippen LogP contribution in [0.5, 0.6) is 0 Å². The summed E-state index contributed by atoms with van der Waals surface area (Å²) in [5.41, 5.74) is 1.46. The second-order valence-corrected chi connectivity index (χ2v) is 7.75. The van der Waals surface area contributed by atoms with E-state index in [4.69, 9.17) is 5.11 Å². The van der Waals surface area contributed by atoms with Gasteiger partial charge in [-0.15, -0.1) is 0 Å². The minimum atomic E-state index is -3.34. The van der Waals surface area contributed by atoms with E-state index in [1.807, 2.05) is 0 Å². The molecule has 0 spiro atoms. The van der Waals surface area contributed by atoms with E-state index < -0.39 is 10.0 Å². The fraction of sp³-hybridized carbons (Fsp3) is 0.600. The Balaban J connectivity index is 1.66. The maximum absolute atomic E-state index is 12.4. The maximum Gasteiger partial charge on any atom is 0.216 e. The molecule has 6 heteroatoms. The van der Waals surface area contributed by atoms with Gasteiger partial charge in [0.05, 0.1) is 12.4 Å². The fourth-order valence-corrected chi connectivity index (χ4v) is 4.97. The van der Waals surface area contributed by atoms with Crippen molar-refractivity contribution in [3.8, 4) is 0 Å². The summed E-state index contributed by atoms with van der Waals surface area (Å²) in [4.78, 5) is 2.39. The molecule has 2 atom stereocenters. The third-order valence-electron chi connectivity index (χ3n) is 4.47. The SMILES string of the molecule is O=S(=O)(Cc1cccc(CO)c1)NC1CCN2CCCC12. The summed E-state index contributed by atoms with van der Waals surface area (Å²) in [6, 6.07) is 7.54. The molecule has 116 valence electrons. The van der Waals surface area contributed by atoms with Gasteiger partial charge in [-0.2, -0.15) is 0 Å². The molecule has 0 amide bonds. The average molecular weight is 310 g/mol. The molecule has 2 unspecified atom stereocenters. The Bertz CT molecular complexity index is 603. The molecule has 3 rings (SSSR count). The largest absolute Gasteiger partial charge is 0.392 e. The van der Waals surface area contributed by atoms with Gasteiger partial charge < -0.3 is 5.11 Å². The van der Waals surface area contributed by atoms with Crippen molar-refractivity contribution >= 4 is 10.0 Å². The molecular formula is C15H22N2O3S. The van der Waals surface area contributed by atoms with E-state index in [-0.39, 0.29) is 18.4 Å². The van der Waals surface area contributed by atoms with Gasteiger partial charge in [-0.25, -0.2) is 13.1 Å². The normalized spacial score (nSPS) is 26.1. The minimum absolute atomic E-state index is 0.0238. The number of aliphatic hydroxyl groups excluding tert-OH is 1. The number of benzene rings is 1. The summed E-state index contributed by atoms with van der Waals surface area (Å²) in [7, 11) is -3.34. The second-order valence-electron chi connectivity index (χ2n) is 6.00. The number of hydrogen-bond acceptors (Lipinski definition) is 4. The number of hydrogen-bond donors (Lipinski definition) is 2. The molecule has 2 fully saturated rings. The third kappa shape index (κ3) is 3.45. The van der Waals surface area contributed by atoms with Crippen molar-refractivity contribution in [3.05, 3.63) is 35.4 Å². The summed E-state index contributed by atoms with van der Waals surface area (Å²) in [5, 5.41) is 9.12. The van der Waals surface area contributed by atoms with Crippen LogP contribution in [0.4, 0.5) is 0 Å². The Morgan fingerprint density at radius 1 is 1.24 bits per heavy atom. The molecule has 0 saturated carbocycles. The van der Waals surface area contributed by atoms with Gasteiger partial charge in [-0.05, 0) is 36.9 Å². The monoisotopic (exact) mass is 310 g/mol. The van der Waals surface area contributed by atoms with E-state index in [9.17, 15) is 8.42 Å². The molecule has 2 aliphatic rings. The van der Waals surface area contributed by atoms with Gasteiger partial charge in [-0.1, -0.05) is 24.3 Å². The van der Waals surface area contributed by atoms with Crippen LogP contribution in [0.15, 0.2) is 24.3 Å². The van der Waals surface area contributed by atoms with Crippen LogP contribution in [0.1, 0.15) is 30.4 Å². The molecule has 2 heterocycles. The fourth-order valence-electron chi connectivity index (χ4n) is 3.53. The summed E-state index contributed by atoms with van der Waals surface area (Å²) < 4.78 is 27.6. The molecule has 21 heavy (non-hydrogen) atoms. The highest BCUT2D eigenvalue weighted by molar-refractivity contribution is 7.88. The predicted molar refractivity (Wildman–Crippen MR) is 81.1 cm³/mol. The summed E-state index contributed by atoms with van der Waals surface area (Å²) >= 11 is 0. The van der Waals surface area contributed by atoms with Gasteiger partial charge in [-0.3, -0.25) is 4.90 Å². The summed E-state index contributed by atoms with van der Waals surface area (Å²) in [6.07, 6.45) is 3.16. The second kappa shape index (κ2) is 6.04. The van der Waals surface area contributed by atoms with Gasteiger partial charge in [0.2, 0.25) is 10.0 Å². The highest BCUT2D eigenvalue weighted by Gasteiger charge is 2.38. The molecule has 2 N–H and O–H groups in total. The van der Waals surface area contributed by atoms with Crippen molar-refractivity contribution in [2.75, 3.05) is 13.1 Å². The van der Waals surface area contributed by atoms with Crippen LogP contribution in [0.25, 0.3) is 0 Å². The van der Waals surface area contributed by atoms with Crippen LogP contribution in [-0.4, -0.2) is 43.6 Å². The zero-order valence-corrected chi connectivity index (χ0v) is 12.8. The molecular weight excluding hydrogens is 288 g/mol. The van der Waals surface area contributed by atoms with Crippen molar-refractivity contribution in [2.45, 2.75) is 43.7 Å². The molecule has 0 aliphatic carbocycles. The Kier molecular flexibility index (Phi) is 4.31. The molecule has 2 aliphatic heterocycles. The van der Waals surface area contributed by atoms with Crippen molar-refractivity contribution in [1.82, 2.24) is 9.62 Å². The summed E-state index contributed by atoms with van der Waals surface area (Å²) in [6.45, 7) is 2.03. The molecule has 0 bridgehead atoms. The van der Waals surface area contributed by atoms with Crippen LogP contribution in [0.3, 0.4) is 0 Å². The van der Waals surface area contributed by atoms with Crippen molar-refractivity contribution in [3.63, 3.8) is 0 Å². The number of nitrogens with zero attached hydrogens (tertiary/aromatic N) is 1. The first-order chi connectivity index (χ1) is 10.1. The van der Waals surface area contributed by atoms with E-state index in [0.717, 1.165) is 37.1 Å². The zero-order valence-electron chi connectivity index (χ0n) is 12.0. The molecule has 0 radical (unpaired) electrons. The maximum atomic E-state index is 12.4. The Morgan fingerprint density at radius 2 is 2.05 bits per heavy atom. The van der Waals surface area contributed by atoms with Gasteiger partial charge in [0.25, 0.3) is 0 Å². The molecule has 5 nitrogen and oxygen atoms in total. The van der Waals surface area contributed by atoms with Gasteiger partial charge >= 0.3 is 0 Å². The highest BCUT2D eigenvalue weighted by Crippen LogP contribution is 2.28. The van der Waals surface area contributed by atoms with Gasteiger partial charge in [0.1, 0.15) is 0 Å². The number of sulfonamides is 1. The van der Waals surface area contributed by atoms with Crippen molar-refractivity contribution < 1.29 is 13.5 Å². The quantitative estimate of drug-likeness (QED) is 0.845. The highest BCUT2D eigenvalue weighted by atomic mass is 32.2. The molecule has 1 aromatic rings. The van der Waals surface area contributed by atoms with Gasteiger partial charge in [0, 0.05) is 18.6 Å². The molecule has 2 saturated heterocycles. The van der Waals surface area contributed by atoms with E-state index in [0.29, 0.717) is 6.04 Å². The Morgan fingerprint density at radius 3 is 2.86 bits per heavy atom. The van der Waals surface area contributed by atoms with Crippen LogP contribution in [0.2, 0.25) is 0 Å². The Hall–Kier alpha value is -0.950. The smallest absolute Gasteiger partial charge is 0.216 e. The van der Waals surface area contributed by atoms with Crippen LogP contribution < -0.4 is 4.72 Å². The van der Waals surface area contributed by atoms with E-state index in [1.54, 1.807) is 24.3 Å². The third-order valence-corrected chi connectivity index (χ3v) is 5.84. The standard InChI is InChI=1S/C15H22N2O3S/c18-10-12-3-1-4-13(9-12)11-21(19,20)16-14-6-8-17-7-2-5-15(14)17/h1,3-4,9,14-16,18H,2,5-8,10-11H2. The zero-order chi connectivity index (χ0) is 14.9.